The first-order chi connectivity index (χ1) is 5.33. The molecule has 0 aliphatic heterocycles. The van der Waals surface area contributed by atoms with Gasteiger partial charge in [-0.15, -0.1) is 0 Å². The van der Waals surface area contributed by atoms with E-state index >= 15 is 0 Å². The van der Waals surface area contributed by atoms with Gasteiger partial charge in [0.15, 0.2) is 0 Å². The van der Waals surface area contributed by atoms with Crippen LogP contribution >= 0.6 is 0 Å². The van der Waals surface area contributed by atoms with Crippen molar-refractivity contribution in [1.29, 1.82) is 0 Å². The van der Waals surface area contributed by atoms with Crippen LogP contribution in [0.1, 0.15) is 39.0 Å². The average Bonchev–Trinajstić information content (AvgIpc) is 2.17. The zero-order chi connectivity index (χ0) is 8.10. The molecular formula is C9H16O2. The summed E-state index contributed by atoms with van der Waals surface area (Å²) >= 11 is 0. The largest absolute Gasteiger partial charge is 0.465 e. The molecule has 1 aliphatic rings. The number of ether oxygens (including phenoxy) is 1. The van der Waals surface area contributed by atoms with E-state index in [4.69, 9.17) is 4.74 Å². The van der Waals surface area contributed by atoms with E-state index in [2.05, 4.69) is 6.92 Å². The summed E-state index contributed by atoms with van der Waals surface area (Å²) in [6, 6.07) is 0. The van der Waals surface area contributed by atoms with E-state index in [0.717, 1.165) is 18.8 Å². The SMILES string of the molecule is CC1CCCC(OC=O)CC1. The molecule has 0 aromatic carbocycles. The van der Waals surface area contributed by atoms with Gasteiger partial charge < -0.3 is 4.74 Å². The molecule has 2 heteroatoms. The van der Waals surface area contributed by atoms with Gasteiger partial charge in [0.05, 0.1) is 0 Å². The van der Waals surface area contributed by atoms with E-state index in [-0.39, 0.29) is 6.10 Å². The van der Waals surface area contributed by atoms with Gasteiger partial charge in [-0.05, 0) is 31.6 Å². The molecule has 1 saturated carbocycles. The van der Waals surface area contributed by atoms with Gasteiger partial charge in [0.25, 0.3) is 6.47 Å². The minimum Gasteiger partial charge on any atom is -0.465 e. The Kier molecular flexibility index (Phi) is 3.40. The Labute approximate surface area is 67.9 Å². The Balaban J connectivity index is 2.27. The van der Waals surface area contributed by atoms with Crippen LogP contribution in [-0.4, -0.2) is 12.6 Å². The van der Waals surface area contributed by atoms with Gasteiger partial charge in [-0.3, -0.25) is 4.79 Å². The number of carbonyl (C=O) groups is 1. The van der Waals surface area contributed by atoms with Gasteiger partial charge in [0, 0.05) is 0 Å². The second-order valence-electron chi connectivity index (χ2n) is 3.47. The molecule has 0 bridgehead atoms. The maximum absolute atomic E-state index is 10.0. The summed E-state index contributed by atoms with van der Waals surface area (Å²) in [4.78, 5) is 10.0. The summed E-state index contributed by atoms with van der Waals surface area (Å²) in [5, 5.41) is 0. The van der Waals surface area contributed by atoms with Crippen molar-refractivity contribution >= 4 is 6.47 Å². The van der Waals surface area contributed by atoms with Crippen LogP contribution in [0.5, 0.6) is 0 Å². The maximum Gasteiger partial charge on any atom is 0.293 e. The molecule has 0 aromatic heterocycles. The van der Waals surface area contributed by atoms with E-state index in [0.29, 0.717) is 6.47 Å². The highest BCUT2D eigenvalue weighted by molar-refractivity contribution is 5.37. The third kappa shape index (κ3) is 2.91. The van der Waals surface area contributed by atoms with E-state index in [1.54, 1.807) is 0 Å². The van der Waals surface area contributed by atoms with Crippen molar-refractivity contribution in [2.45, 2.75) is 45.1 Å². The topological polar surface area (TPSA) is 26.3 Å². The lowest BCUT2D eigenvalue weighted by molar-refractivity contribution is -0.134. The second kappa shape index (κ2) is 4.37. The molecule has 0 amide bonds. The minimum absolute atomic E-state index is 0.206. The Bertz CT molecular complexity index is 123. The predicted octanol–water partition coefficient (Wildman–Crippen LogP) is 2.13. The first-order valence-corrected chi connectivity index (χ1v) is 4.42. The van der Waals surface area contributed by atoms with Gasteiger partial charge in [0.1, 0.15) is 6.10 Å². The van der Waals surface area contributed by atoms with Crippen molar-refractivity contribution in [3.63, 3.8) is 0 Å². The third-order valence-corrected chi connectivity index (χ3v) is 2.45. The lowest BCUT2D eigenvalue weighted by atomic mass is 10.0. The summed E-state index contributed by atoms with van der Waals surface area (Å²) in [6.07, 6.45) is 6.03. The third-order valence-electron chi connectivity index (χ3n) is 2.45. The fourth-order valence-corrected chi connectivity index (χ4v) is 1.67. The van der Waals surface area contributed by atoms with Gasteiger partial charge in [-0.25, -0.2) is 0 Å². The van der Waals surface area contributed by atoms with E-state index in [1.807, 2.05) is 0 Å². The smallest absolute Gasteiger partial charge is 0.293 e. The number of rotatable bonds is 2. The van der Waals surface area contributed by atoms with Crippen LogP contribution in [-0.2, 0) is 9.53 Å². The van der Waals surface area contributed by atoms with Gasteiger partial charge in [-0.1, -0.05) is 13.3 Å². The van der Waals surface area contributed by atoms with Crippen LogP contribution < -0.4 is 0 Å². The molecule has 64 valence electrons. The molecule has 2 nitrogen and oxygen atoms in total. The number of hydrogen-bond donors (Lipinski definition) is 0. The quantitative estimate of drug-likeness (QED) is 0.452. The van der Waals surface area contributed by atoms with Crippen molar-refractivity contribution < 1.29 is 9.53 Å². The van der Waals surface area contributed by atoms with Crippen molar-refractivity contribution in [2.24, 2.45) is 5.92 Å². The molecule has 1 fully saturated rings. The number of carbonyl (C=O) groups excluding carboxylic acids is 1. The normalized spacial score (nSPS) is 32.5. The van der Waals surface area contributed by atoms with Gasteiger partial charge in [-0.2, -0.15) is 0 Å². The molecule has 0 saturated heterocycles. The summed E-state index contributed by atoms with van der Waals surface area (Å²) in [6.45, 7) is 2.85. The molecule has 1 rings (SSSR count). The first-order valence-electron chi connectivity index (χ1n) is 4.42. The molecule has 0 N–H and O–H groups in total. The van der Waals surface area contributed by atoms with Crippen molar-refractivity contribution in [1.82, 2.24) is 0 Å². The maximum atomic E-state index is 10.0. The van der Waals surface area contributed by atoms with Crippen LogP contribution in [0.25, 0.3) is 0 Å². The average molecular weight is 156 g/mol. The van der Waals surface area contributed by atoms with Crippen LogP contribution in [0, 0.1) is 5.92 Å². The van der Waals surface area contributed by atoms with Crippen molar-refractivity contribution in [3.05, 3.63) is 0 Å². The molecule has 0 heterocycles. The molecule has 2 unspecified atom stereocenters. The zero-order valence-electron chi connectivity index (χ0n) is 7.08. The summed E-state index contributed by atoms with van der Waals surface area (Å²) < 4.78 is 4.93. The Morgan fingerprint density at radius 2 is 2.09 bits per heavy atom. The van der Waals surface area contributed by atoms with Crippen LogP contribution in [0.4, 0.5) is 0 Å². The van der Waals surface area contributed by atoms with Crippen molar-refractivity contribution in [3.8, 4) is 0 Å². The van der Waals surface area contributed by atoms with Crippen LogP contribution in [0.2, 0.25) is 0 Å². The summed E-state index contributed by atoms with van der Waals surface area (Å²) in [5.74, 6) is 0.815. The molecule has 0 radical (unpaired) electrons. The van der Waals surface area contributed by atoms with E-state index in [1.165, 1.54) is 19.3 Å². The Morgan fingerprint density at radius 1 is 1.27 bits per heavy atom. The molecule has 1 aliphatic carbocycles. The van der Waals surface area contributed by atoms with Gasteiger partial charge >= 0.3 is 0 Å². The minimum atomic E-state index is 0.206. The Hall–Kier alpha value is -0.530. The van der Waals surface area contributed by atoms with E-state index in [9.17, 15) is 4.79 Å². The van der Waals surface area contributed by atoms with Gasteiger partial charge in [0.2, 0.25) is 0 Å². The molecule has 0 spiro atoms. The van der Waals surface area contributed by atoms with Crippen LogP contribution in [0.15, 0.2) is 0 Å². The lowest BCUT2D eigenvalue weighted by Gasteiger charge is -2.10. The second-order valence-corrected chi connectivity index (χ2v) is 3.47. The number of hydrogen-bond acceptors (Lipinski definition) is 2. The summed E-state index contributed by atoms with van der Waals surface area (Å²) in [5.41, 5.74) is 0. The van der Waals surface area contributed by atoms with Crippen LogP contribution in [0.3, 0.4) is 0 Å². The molecule has 2 atom stereocenters. The zero-order valence-corrected chi connectivity index (χ0v) is 7.08. The standard InChI is InChI=1S/C9H16O2/c1-8-3-2-4-9(6-5-8)11-7-10/h7-9H,2-6H2,1H3. The van der Waals surface area contributed by atoms with E-state index < -0.39 is 0 Å². The summed E-state index contributed by atoms with van der Waals surface area (Å²) in [7, 11) is 0. The molecule has 0 aromatic rings. The highest BCUT2D eigenvalue weighted by Gasteiger charge is 2.16. The first kappa shape index (κ1) is 8.57. The lowest BCUT2D eigenvalue weighted by Crippen LogP contribution is -2.10. The Morgan fingerprint density at radius 3 is 2.82 bits per heavy atom. The highest BCUT2D eigenvalue weighted by atomic mass is 16.5. The highest BCUT2D eigenvalue weighted by Crippen LogP contribution is 2.23. The molecular weight excluding hydrogens is 140 g/mol. The van der Waals surface area contributed by atoms with Crippen molar-refractivity contribution in [2.75, 3.05) is 0 Å². The fourth-order valence-electron chi connectivity index (χ4n) is 1.67. The molecule has 11 heavy (non-hydrogen) atoms. The fraction of sp³-hybridized carbons (Fsp3) is 0.889. The monoisotopic (exact) mass is 156 g/mol. The predicted molar refractivity (Wildman–Crippen MR) is 43.2 cm³/mol.